The Kier molecular flexibility index (Phi) is 7.16. The van der Waals surface area contributed by atoms with Crippen LogP contribution in [-0.4, -0.2) is 43.6 Å². The van der Waals surface area contributed by atoms with E-state index in [1.165, 1.54) is 43.5 Å². The van der Waals surface area contributed by atoms with Crippen molar-refractivity contribution in [2.24, 2.45) is 5.73 Å². The van der Waals surface area contributed by atoms with Gasteiger partial charge in [0.15, 0.2) is 17.7 Å². The van der Waals surface area contributed by atoms with E-state index in [0.717, 1.165) is 6.07 Å². The maximum Gasteiger partial charge on any atom is 0.404 e. The molecular weight excluding hydrogens is 487 g/mol. The van der Waals surface area contributed by atoms with E-state index in [4.69, 9.17) is 20.5 Å². The number of amides is 1. The Labute approximate surface area is 210 Å². The number of nitriles is 2. The number of alkyl halides is 1. The molecule has 0 radical (unpaired) electrons. The number of piperidine rings is 1. The summed E-state index contributed by atoms with van der Waals surface area (Å²) in [6, 6.07) is 13.2. The molecule has 188 valence electrons. The number of benzene rings is 2. The topological polar surface area (TPSA) is 125 Å². The van der Waals surface area contributed by atoms with Crippen molar-refractivity contribution >= 4 is 11.9 Å². The van der Waals surface area contributed by atoms with Crippen LogP contribution in [-0.2, 0) is 4.74 Å². The van der Waals surface area contributed by atoms with E-state index in [2.05, 4.69) is 11.1 Å². The molecule has 1 aromatic heterocycles. The van der Waals surface area contributed by atoms with Crippen LogP contribution in [0.4, 0.5) is 23.8 Å². The van der Waals surface area contributed by atoms with Gasteiger partial charge in [-0.3, -0.25) is 0 Å². The molecule has 37 heavy (non-hydrogen) atoms. The Balaban J connectivity index is 1.87. The van der Waals surface area contributed by atoms with Gasteiger partial charge in [-0.1, -0.05) is 12.1 Å². The van der Waals surface area contributed by atoms with E-state index in [-0.39, 0.29) is 64.6 Å². The Morgan fingerprint density at radius 2 is 1.78 bits per heavy atom. The molecule has 0 bridgehead atoms. The highest BCUT2D eigenvalue weighted by atomic mass is 19.1. The number of pyridine rings is 1. The Morgan fingerprint density at radius 3 is 2.38 bits per heavy atom. The summed E-state index contributed by atoms with van der Waals surface area (Å²) in [5, 5.41) is 19.1. The number of nitrogens with zero attached hydrogens (tertiary/aromatic N) is 4. The fourth-order valence-corrected chi connectivity index (χ4v) is 4.23. The van der Waals surface area contributed by atoms with Gasteiger partial charge in [0.1, 0.15) is 23.8 Å². The number of nitrogens with two attached hydrogens (primary N) is 1. The number of hydrogen-bond donors (Lipinski definition) is 1. The highest BCUT2D eigenvalue weighted by Gasteiger charge is 2.33. The minimum absolute atomic E-state index is 0.00663. The third-order valence-corrected chi connectivity index (χ3v) is 6.00. The molecule has 1 aliphatic heterocycles. The molecule has 8 nitrogen and oxygen atoms in total. The standard InChI is InChI=1S/C26H20F3N5O3/c1-36-21-5-4-14(8-19(21)28)24-17(12-31)10-23(34-7-6-22(20(29)13-34)37-26(32)35)33-25(24)15-2-3-16(11-30)18(27)9-15/h2-5,8-10,20,22H,6-7,13H2,1H3,(H2,32,35). The molecule has 0 saturated carbocycles. The largest absolute Gasteiger partial charge is 0.494 e. The first kappa shape index (κ1) is 25.3. The highest BCUT2D eigenvalue weighted by molar-refractivity contribution is 5.87. The molecule has 4 rings (SSSR count). The minimum atomic E-state index is -1.57. The van der Waals surface area contributed by atoms with Crippen LogP contribution in [0.5, 0.6) is 5.75 Å². The summed E-state index contributed by atoms with van der Waals surface area (Å²) in [4.78, 5) is 17.2. The molecule has 1 aliphatic rings. The maximum atomic E-state index is 14.7. The highest BCUT2D eigenvalue weighted by Crippen LogP contribution is 2.38. The molecule has 2 N–H and O–H groups in total. The van der Waals surface area contributed by atoms with Gasteiger partial charge in [-0.15, -0.1) is 0 Å². The van der Waals surface area contributed by atoms with E-state index in [9.17, 15) is 23.2 Å². The van der Waals surface area contributed by atoms with Crippen LogP contribution >= 0.6 is 0 Å². The van der Waals surface area contributed by atoms with Crippen molar-refractivity contribution in [3.05, 3.63) is 65.2 Å². The average molecular weight is 507 g/mol. The van der Waals surface area contributed by atoms with Gasteiger partial charge in [0, 0.05) is 24.1 Å². The van der Waals surface area contributed by atoms with E-state index in [0.29, 0.717) is 0 Å². The molecule has 3 aromatic rings. The van der Waals surface area contributed by atoms with E-state index < -0.39 is 30.0 Å². The summed E-state index contributed by atoms with van der Waals surface area (Å²) in [6.07, 6.45) is -3.54. The zero-order valence-corrected chi connectivity index (χ0v) is 19.5. The second-order valence-electron chi connectivity index (χ2n) is 8.25. The second-order valence-corrected chi connectivity index (χ2v) is 8.25. The molecule has 2 unspecified atom stereocenters. The fraction of sp³-hybridized carbons (Fsp3) is 0.231. The maximum absolute atomic E-state index is 14.7. The molecule has 1 saturated heterocycles. The molecule has 0 aliphatic carbocycles. The summed E-state index contributed by atoms with van der Waals surface area (Å²) < 4.78 is 53.7. The van der Waals surface area contributed by atoms with Gasteiger partial charge < -0.3 is 20.1 Å². The molecule has 2 heterocycles. The van der Waals surface area contributed by atoms with Crippen molar-refractivity contribution in [3.63, 3.8) is 0 Å². The fourth-order valence-electron chi connectivity index (χ4n) is 4.23. The summed E-state index contributed by atoms with van der Waals surface area (Å²) in [7, 11) is 1.32. The van der Waals surface area contributed by atoms with Gasteiger partial charge in [-0.25, -0.2) is 22.9 Å². The van der Waals surface area contributed by atoms with Crippen LogP contribution in [0.3, 0.4) is 0 Å². The van der Waals surface area contributed by atoms with Crippen LogP contribution < -0.4 is 15.4 Å². The number of halogens is 3. The van der Waals surface area contributed by atoms with Crippen LogP contribution in [0.1, 0.15) is 17.5 Å². The lowest BCUT2D eigenvalue weighted by Gasteiger charge is -2.35. The lowest BCUT2D eigenvalue weighted by Crippen LogP contribution is -2.47. The smallest absolute Gasteiger partial charge is 0.404 e. The zero-order chi connectivity index (χ0) is 26.7. The molecular formula is C26H20F3N5O3. The monoisotopic (exact) mass is 507 g/mol. The molecule has 2 aromatic carbocycles. The quantitative estimate of drug-likeness (QED) is 0.541. The number of anilines is 1. The molecule has 1 amide bonds. The molecule has 0 spiro atoms. The van der Waals surface area contributed by atoms with Gasteiger partial charge in [0.05, 0.1) is 36.5 Å². The number of aromatic nitrogens is 1. The van der Waals surface area contributed by atoms with Crippen molar-refractivity contribution in [2.45, 2.75) is 18.7 Å². The Bertz CT molecular complexity index is 1450. The average Bonchev–Trinajstić information content (AvgIpc) is 2.88. The van der Waals surface area contributed by atoms with Crippen molar-refractivity contribution < 1.29 is 27.4 Å². The SMILES string of the molecule is COc1ccc(-c2c(C#N)cc(N3CCC(OC(N)=O)C(F)C3)nc2-c2ccc(C#N)c(F)c2)cc1F. The predicted octanol–water partition coefficient (Wildman–Crippen LogP) is 4.46. The second kappa shape index (κ2) is 10.5. The number of carbonyl (C=O) groups is 1. The van der Waals surface area contributed by atoms with Crippen molar-refractivity contribution in [2.75, 3.05) is 25.1 Å². The number of primary amides is 1. The van der Waals surface area contributed by atoms with Crippen molar-refractivity contribution in [3.8, 4) is 40.3 Å². The lowest BCUT2D eigenvalue weighted by molar-refractivity contribution is 0.0379. The third-order valence-electron chi connectivity index (χ3n) is 6.00. The lowest BCUT2D eigenvalue weighted by atomic mass is 9.94. The number of rotatable bonds is 5. The summed E-state index contributed by atoms with van der Waals surface area (Å²) in [5.41, 5.74) is 5.77. The van der Waals surface area contributed by atoms with Crippen molar-refractivity contribution in [1.82, 2.24) is 4.98 Å². The minimum Gasteiger partial charge on any atom is -0.494 e. The number of ether oxygens (including phenoxy) is 2. The third kappa shape index (κ3) is 5.11. The summed E-state index contributed by atoms with van der Waals surface area (Å²) in [5.74, 6) is -1.27. The van der Waals surface area contributed by atoms with Crippen LogP contribution in [0, 0.1) is 34.3 Å². The van der Waals surface area contributed by atoms with E-state index in [1.807, 2.05) is 0 Å². The van der Waals surface area contributed by atoms with Gasteiger partial charge in [-0.05, 0) is 35.9 Å². The predicted molar refractivity (Wildman–Crippen MR) is 127 cm³/mol. The first-order valence-electron chi connectivity index (χ1n) is 11.1. The van der Waals surface area contributed by atoms with Crippen LogP contribution in [0.25, 0.3) is 22.4 Å². The number of carbonyl (C=O) groups excluding carboxylic acids is 1. The normalized spacial score (nSPS) is 17.0. The van der Waals surface area contributed by atoms with E-state index >= 15 is 0 Å². The summed E-state index contributed by atoms with van der Waals surface area (Å²) >= 11 is 0. The number of methoxy groups -OCH3 is 1. The number of hydrogen-bond acceptors (Lipinski definition) is 7. The van der Waals surface area contributed by atoms with E-state index in [1.54, 1.807) is 11.0 Å². The van der Waals surface area contributed by atoms with Gasteiger partial charge >= 0.3 is 6.09 Å². The molecule has 2 atom stereocenters. The summed E-state index contributed by atoms with van der Waals surface area (Å²) in [6.45, 7) is 0.0292. The van der Waals surface area contributed by atoms with Gasteiger partial charge in [0.2, 0.25) is 0 Å². The zero-order valence-electron chi connectivity index (χ0n) is 19.5. The Hall–Kier alpha value is -4.77. The van der Waals surface area contributed by atoms with Crippen LogP contribution in [0.15, 0.2) is 42.5 Å². The first-order valence-corrected chi connectivity index (χ1v) is 11.1. The molecule has 1 fully saturated rings. The van der Waals surface area contributed by atoms with Gasteiger partial charge in [0.25, 0.3) is 0 Å². The Morgan fingerprint density at radius 1 is 1.08 bits per heavy atom. The van der Waals surface area contributed by atoms with Gasteiger partial charge in [-0.2, -0.15) is 10.5 Å². The van der Waals surface area contributed by atoms with Crippen LogP contribution in [0.2, 0.25) is 0 Å². The first-order chi connectivity index (χ1) is 17.7. The van der Waals surface area contributed by atoms with Crippen molar-refractivity contribution in [1.29, 1.82) is 10.5 Å². The molecule has 11 heteroatoms.